The maximum Gasteiger partial charge on any atom is 0.362 e. The number of esters is 1. The summed E-state index contributed by atoms with van der Waals surface area (Å²) in [5.74, 6) is -0.164. The molecule has 0 fully saturated rings. The van der Waals surface area contributed by atoms with E-state index >= 15 is 0 Å². The molecule has 0 spiro atoms. The van der Waals surface area contributed by atoms with E-state index in [1.54, 1.807) is 37.4 Å². The lowest BCUT2D eigenvalue weighted by Crippen LogP contribution is -2.32. The van der Waals surface area contributed by atoms with E-state index in [1.165, 1.54) is 4.68 Å². The van der Waals surface area contributed by atoms with Crippen LogP contribution < -0.4 is 14.8 Å². The summed E-state index contributed by atoms with van der Waals surface area (Å²) in [4.78, 5) is 24.3. The van der Waals surface area contributed by atoms with Crippen LogP contribution in [0.2, 0.25) is 5.02 Å². The van der Waals surface area contributed by atoms with Crippen LogP contribution in [0.4, 0.5) is 0 Å². The van der Waals surface area contributed by atoms with E-state index < -0.39 is 5.97 Å². The largest absolute Gasteiger partial charge is 0.492 e. The van der Waals surface area contributed by atoms with Gasteiger partial charge in [0.1, 0.15) is 12.4 Å². The molecule has 2 aromatic carbocycles. The Hall–Kier alpha value is -3.52. The molecular formula is C22H22ClN3O5. The molecule has 0 atom stereocenters. The van der Waals surface area contributed by atoms with Gasteiger partial charge in [0.15, 0.2) is 12.4 Å². The third kappa shape index (κ3) is 6.48. The van der Waals surface area contributed by atoms with Gasteiger partial charge in [0.05, 0.1) is 25.0 Å². The number of hydrogen-bond donors (Lipinski definition) is 1. The van der Waals surface area contributed by atoms with Crippen LogP contribution >= 0.6 is 11.6 Å². The maximum atomic E-state index is 12.2. The number of para-hydroxylation sites is 1. The van der Waals surface area contributed by atoms with Crippen molar-refractivity contribution >= 4 is 23.5 Å². The van der Waals surface area contributed by atoms with Crippen molar-refractivity contribution in [3.63, 3.8) is 0 Å². The van der Waals surface area contributed by atoms with Crippen molar-refractivity contribution in [2.45, 2.75) is 6.92 Å². The lowest BCUT2D eigenvalue weighted by molar-refractivity contribution is -0.123. The molecule has 0 radical (unpaired) electrons. The van der Waals surface area contributed by atoms with Gasteiger partial charge in [-0.15, -0.1) is 0 Å². The summed E-state index contributed by atoms with van der Waals surface area (Å²) in [7, 11) is 0. The molecule has 9 heteroatoms. The molecule has 3 aromatic rings. The van der Waals surface area contributed by atoms with Crippen molar-refractivity contribution in [1.29, 1.82) is 0 Å². The molecule has 0 saturated carbocycles. The normalized spacial score (nSPS) is 10.4. The van der Waals surface area contributed by atoms with Crippen molar-refractivity contribution < 1.29 is 23.8 Å². The first-order chi connectivity index (χ1) is 15.1. The second-order valence-electron chi connectivity index (χ2n) is 6.28. The molecular weight excluding hydrogens is 422 g/mol. The SMILES string of the molecule is CCOC(=O)c1nn(-c2ccccc2)cc1OCC(=O)NCCOc1ccc(Cl)cc1. The minimum absolute atomic E-state index is 0.00424. The van der Waals surface area contributed by atoms with Gasteiger partial charge in [-0.1, -0.05) is 29.8 Å². The fourth-order valence-corrected chi connectivity index (χ4v) is 2.73. The van der Waals surface area contributed by atoms with Gasteiger partial charge in [-0.25, -0.2) is 9.48 Å². The van der Waals surface area contributed by atoms with Crippen LogP contribution in [0, 0.1) is 0 Å². The molecule has 0 aliphatic rings. The zero-order valence-corrected chi connectivity index (χ0v) is 17.7. The van der Waals surface area contributed by atoms with E-state index in [2.05, 4.69) is 10.4 Å². The Morgan fingerprint density at radius 3 is 2.52 bits per heavy atom. The molecule has 1 aromatic heterocycles. The number of nitrogens with zero attached hydrogens (tertiary/aromatic N) is 2. The smallest absolute Gasteiger partial charge is 0.362 e. The summed E-state index contributed by atoms with van der Waals surface area (Å²) >= 11 is 5.82. The fourth-order valence-electron chi connectivity index (χ4n) is 2.60. The molecule has 1 amide bonds. The Balaban J connectivity index is 1.54. The Kier molecular flexibility index (Phi) is 7.89. The van der Waals surface area contributed by atoms with Gasteiger partial charge in [0.25, 0.3) is 5.91 Å². The molecule has 31 heavy (non-hydrogen) atoms. The summed E-state index contributed by atoms with van der Waals surface area (Å²) in [6, 6.07) is 16.2. The van der Waals surface area contributed by atoms with E-state index in [-0.39, 0.29) is 37.2 Å². The first-order valence-corrected chi connectivity index (χ1v) is 10.0. The number of hydrogen-bond acceptors (Lipinski definition) is 6. The Morgan fingerprint density at radius 2 is 1.81 bits per heavy atom. The molecule has 0 unspecified atom stereocenters. The standard InChI is InChI=1S/C22H22ClN3O5/c1-2-29-22(28)21-19(14-26(25-21)17-6-4-3-5-7-17)31-15-20(27)24-12-13-30-18-10-8-16(23)9-11-18/h3-11,14H,2,12-13,15H2,1H3,(H,24,27). The highest BCUT2D eigenvalue weighted by molar-refractivity contribution is 6.30. The minimum atomic E-state index is -0.621. The van der Waals surface area contributed by atoms with E-state index in [9.17, 15) is 9.59 Å². The van der Waals surface area contributed by atoms with Crippen LogP contribution in [0.15, 0.2) is 60.8 Å². The summed E-state index contributed by atoms with van der Waals surface area (Å²) in [6.45, 7) is 2.19. The Labute approximate surface area is 184 Å². The van der Waals surface area contributed by atoms with Crippen LogP contribution in [-0.4, -0.2) is 48.0 Å². The minimum Gasteiger partial charge on any atom is -0.492 e. The van der Waals surface area contributed by atoms with Gasteiger partial charge in [-0.3, -0.25) is 4.79 Å². The van der Waals surface area contributed by atoms with E-state index in [1.807, 2.05) is 30.3 Å². The van der Waals surface area contributed by atoms with Crippen LogP contribution in [-0.2, 0) is 9.53 Å². The van der Waals surface area contributed by atoms with Gasteiger partial charge in [-0.2, -0.15) is 5.10 Å². The van der Waals surface area contributed by atoms with Crippen LogP contribution in [0.3, 0.4) is 0 Å². The number of carbonyl (C=O) groups is 2. The van der Waals surface area contributed by atoms with Crippen molar-refractivity contribution in [1.82, 2.24) is 15.1 Å². The first-order valence-electron chi connectivity index (χ1n) is 9.67. The number of aromatic nitrogens is 2. The molecule has 0 aliphatic carbocycles. The second kappa shape index (κ2) is 11.0. The van der Waals surface area contributed by atoms with Crippen molar-refractivity contribution in [2.24, 2.45) is 0 Å². The van der Waals surface area contributed by atoms with Gasteiger partial charge in [0, 0.05) is 5.02 Å². The Morgan fingerprint density at radius 1 is 1.06 bits per heavy atom. The number of rotatable bonds is 10. The molecule has 8 nitrogen and oxygen atoms in total. The molecule has 0 aliphatic heterocycles. The predicted octanol–water partition coefficient (Wildman–Crippen LogP) is 3.28. The van der Waals surface area contributed by atoms with E-state index in [4.69, 9.17) is 25.8 Å². The predicted molar refractivity (Wildman–Crippen MR) is 115 cm³/mol. The quantitative estimate of drug-likeness (QED) is 0.382. The first kappa shape index (κ1) is 22.2. The Bertz CT molecular complexity index is 1010. The van der Waals surface area contributed by atoms with Crippen LogP contribution in [0.5, 0.6) is 11.5 Å². The average Bonchev–Trinajstić information content (AvgIpc) is 3.22. The number of nitrogens with one attached hydrogen (secondary N) is 1. The lowest BCUT2D eigenvalue weighted by atomic mass is 10.3. The zero-order valence-electron chi connectivity index (χ0n) is 16.9. The number of benzene rings is 2. The second-order valence-corrected chi connectivity index (χ2v) is 6.72. The summed E-state index contributed by atoms with van der Waals surface area (Å²) < 4.78 is 17.6. The average molecular weight is 444 g/mol. The summed E-state index contributed by atoms with van der Waals surface area (Å²) in [6.07, 6.45) is 1.54. The van der Waals surface area contributed by atoms with Gasteiger partial charge in [0.2, 0.25) is 5.69 Å². The fraction of sp³-hybridized carbons (Fsp3) is 0.227. The lowest BCUT2D eigenvalue weighted by Gasteiger charge is -2.09. The molecule has 162 valence electrons. The number of halogens is 1. The van der Waals surface area contributed by atoms with Gasteiger partial charge >= 0.3 is 5.97 Å². The third-order valence-corrected chi connectivity index (χ3v) is 4.29. The number of ether oxygens (including phenoxy) is 3. The van der Waals surface area contributed by atoms with Crippen molar-refractivity contribution in [2.75, 3.05) is 26.4 Å². The molecule has 0 bridgehead atoms. The maximum absolute atomic E-state index is 12.2. The topological polar surface area (TPSA) is 91.7 Å². The number of amides is 1. The third-order valence-electron chi connectivity index (χ3n) is 4.04. The number of carbonyl (C=O) groups excluding carboxylic acids is 2. The van der Waals surface area contributed by atoms with Crippen molar-refractivity contribution in [3.8, 4) is 17.2 Å². The molecule has 0 saturated heterocycles. The summed E-state index contributed by atoms with van der Waals surface area (Å²) in [5, 5.41) is 7.56. The van der Waals surface area contributed by atoms with Gasteiger partial charge in [-0.05, 0) is 43.3 Å². The van der Waals surface area contributed by atoms with Crippen LogP contribution in [0.25, 0.3) is 5.69 Å². The molecule has 1 N–H and O–H groups in total. The van der Waals surface area contributed by atoms with Crippen molar-refractivity contribution in [3.05, 3.63) is 71.5 Å². The highest BCUT2D eigenvalue weighted by Gasteiger charge is 2.21. The molecule has 1 heterocycles. The van der Waals surface area contributed by atoms with Gasteiger partial charge < -0.3 is 19.5 Å². The monoisotopic (exact) mass is 443 g/mol. The van der Waals surface area contributed by atoms with E-state index in [0.717, 1.165) is 5.69 Å². The highest BCUT2D eigenvalue weighted by Crippen LogP contribution is 2.21. The molecule has 3 rings (SSSR count). The zero-order chi connectivity index (χ0) is 22.1. The van der Waals surface area contributed by atoms with E-state index in [0.29, 0.717) is 17.3 Å². The highest BCUT2D eigenvalue weighted by atomic mass is 35.5. The van der Waals surface area contributed by atoms with Crippen LogP contribution in [0.1, 0.15) is 17.4 Å². The summed E-state index contributed by atoms with van der Waals surface area (Å²) in [5.41, 5.74) is 0.747.